The molecule has 3 fully saturated rings. The summed E-state index contributed by atoms with van der Waals surface area (Å²) in [7, 11) is 0. The molecule has 1 aromatic rings. The van der Waals surface area contributed by atoms with Crippen LogP contribution in [0, 0.1) is 0 Å². The SMILES string of the molecule is O=C(N[C@H]1CCN(C2CC2)C1)c1cc(C2CC2)on1. The lowest BCUT2D eigenvalue weighted by Gasteiger charge is -2.15. The molecule has 0 spiro atoms. The lowest BCUT2D eigenvalue weighted by Crippen LogP contribution is -2.37. The van der Waals surface area contributed by atoms with Gasteiger partial charge in [0.25, 0.3) is 5.91 Å². The van der Waals surface area contributed by atoms with Crippen LogP contribution in [-0.2, 0) is 0 Å². The highest BCUT2D eigenvalue weighted by atomic mass is 16.5. The molecule has 4 rings (SSSR count). The number of nitrogens with one attached hydrogen (secondary N) is 1. The summed E-state index contributed by atoms with van der Waals surface area (Å²) in [4.78, 5) is 14.6. The second kappa shape index (κ2) is 4.34. The summed E-state index contributed by atoms with van der Waals surface area (Å²) in [5.41, 5.74) is 0.437. The number of likely N-dealkylation sites (tertiary alicyclic amines) is 1. The normalized spacial score (nSPS) is 27.7. The Morgan fingerprint density at radius 1 is 1.32 bits per heavy atom. The minimum atomic E-state index is -0.0849. The monoisotopic (exact) mass is 261 g/mol. The van der Waals surface area contributed by atoms with Gasteiger partial charge in [-0.25, -0.2) is 0 Å². The van der Waals surface area contributed by atoms with Crippen molar-refractivity contribution in [3.8, 4) is 0 Å². The summed E-state index contributed by atoms with van der Waals surface area (Å²) in [6, 6.07) is 2.87. The Labute approximate surface area is 112 Å². The van der Waals surface area contributed by atoms with Gasteiger partial charge in [-0.05, 0) is 32.1 Å². The Hall–Kier alpha value is -1.36. The largest absolute Gasteiger partial charge is 0.360 e. The third-order valence-corrected chi connectivity index (χ3v) is 4.36. The summed E-state index contributed by atoms with van der Waals surface area (Å²) in [5, 5.41) is 6.96. The molecule has 5 heteroatoms. The number of rotatable bonds is 4. The molecule has 0 aromatic carbocycles. The maximum absolute atomic E-state index is 12.1. The van der Waals surface area contributed by atoms with Gasteiger partial charge in [-0.15, -0.1) is 0 Å². The van der Waals surface area contributed by atoms with Crippen molar-refractivity contribution < 1.29 is 9.32 Å². The molecular formula is C14H19N3O2. The van der Waals surface area contributed by atoms with Crippen LogP contribution in [0.5, 0.6) is 0 Å². The number of amides is 1. The molecule has 1 N–H and O–H groups in total. The highest BCUT2D eigenvalue weighted by molar-refractivity contribution is 5.92. The van der Waals surface area contributed by atoms with Gasteiger partial charge in [0.1, 0.15) is 5.76 Å². The van der Waals surface area contributed by atoms with Crippen LogP contribution in [0.15, 0.2) is 10.6 Å². The number of nitrogens with zero attached hydrogens (tertiary/aromatic N) is 2. The van der Waals surface area contributed by atoms with Crippen LogP contribution in [0.1, 0.15) is 54.3 Å². The fourth-order valence-electron chi connectivity index (χ4n) is 2.89. The van der Waals surface area contributed by atoms with Gasteiger partial charge in [0.15, 0.2) is 5.69 Å². The highest BCUT2D eigenvalue weighted by Gasteiger charge is 2.35. The quantitative estimate of drug-likeness (QED) is 0.892. The molecule has 1 saturated heterocycles. The van der Waals surface area contributed by atoms with Crippen molar-refractivity contribution in [1.82, 2.24) is 15.4 Å². The van der Waals surface area contributed by atoms with E-state index in [2.05, 4.69) is 15.4 Å². The molecule has 0 bridgehead atoms. The Morgan fingerprint density at radius 3 is 2.89 bits per heavy atom. The van der Waals surface area contributed by atoms with Gasteiger partial charge in [-0.1, -0.05) is 5.16 Å². The van der Waals surface area contributed by atoms with E-state index in [4.69, 9.17) is 4.52 Å². The Balaban J connectivity index is 1.35. The van der Waals surface area contributed by atoms with E-state index < -0.39 is 0 Å². The van der Waals surface area contributed by atoms with Gasteiger partial charge in [0, 0.05) is 37.2 Å². The fourth-order valence-corrected chi connectivity index (χ4v) is 2.89. The molecule has 19 heavy (non-hydrogen) atoms. The molecule has 1 aliphatic heterocycles. The van der Waals surface area contributed by atoms with Crippen molar-refractivity contribution >= 4 is 5.91 Å². The van der Waals surface area contributed by atoms with Crippen LogP contribution in [-0.4, -0.2) is 41.1 Å². The van der Waals surface area contributed by atoms with Crippen LogP contribution in [0.3, 0.4) is 0 Å². The molecule has 2 saturated carbocycles. The summed E-state index contributed by atoms with van der Waals surface area (Å²) < 4.78 is 5.22. The van der Waals surface area contributed by atoms with E-state index in [-0.39, 0.29) is 11.9 Å². The highest BCUT2D eigenvalue weighted by Crippen LogP contribution is 2.40. The van der Waals surface area contributed by atoms with Crippen LogP contribution < -0.4 is 5.32 Å². The summed E-state index contributed by atoms with van der Waals surface area (Å²) >= 11 is 0. The third-order valence-electron chi connectivity index (χ3n) is 4.36. The van der Waals surface area contributed by atoms with Gasteiger partial charge in [-0.2, -0.15) is 0 Å². The molecule has 1 atom stereocenters. The van der Waals surface area contributed by atoms with Gasteiger partial charge in [0.2, 0.25) is 0 Å². The van der Waals surface area contributed by atoms with Crippen LogP contribution >= 0.6 is 0 Å². The van der Waals surface area contributed by atoms with Gasteiger partial charge in [-0.3, -0.25) is 9.69 Å². The standard InChI is InChI=1S/C14H19N3O2/c18-14(12-7-13(19-16-12)9-1-2-9)15-10-5-6-17(8-10)11-3-4-11/h7,9-11H,1-6,8H2,(H,15,18)/t10-/m0/s1. The zero-order valence-corrected chi connectivity index (χ0v) is 11.0. The first-order valence-corrected chi connectivity index (χ1v) is 7.31. The van der Waals surface area contributed by atoms with Crippen molar-refractivity contribution in [2.45, 2.75) is 50.1 Å². The Kier molecular flexibility index (Phi) is 2.62. The Bertz CT molecular complexity index is 491. The first-order chi connectivity index (χ1) is 9.29. The van der Waals surface area contributed by atoms with Crippen molar-refractivity contribution in [2.75, 3.05) is 13.1 Å². The van der Waals surface area contributed by atoms with E-state index in [1.54, 1.807) is 6.07 Å². The van der Waals surface area contributed by atoms with Crippen molar-refractivity contribution in [3.63, 3.8) is 0 Å². The average Bonchev–Trinajstić information content (AvgIpc) is 3.34. The molecular weight excluding hydrogens is 242 g/mol. The minimum absolute atomic E-state index is 0.0849. The Morgan fingerprint density at radius 2 is 2.16 bits per heavy atom. The summed E-state index contributed by atoms with van der Waals surface area (Å²) in [6.07, 6.45) is 6.03. The summed E-state index contributed by atoms with van der Waals surface area (Å²) in [6.45, 7) is 2.10. The van der Waals surface area contributed by atoms with Crippen LogP contribution in [0.2, 0.25) is 0 Å². The van der Waals surface area contributed by atoms with Crippen molar-refractivity contribution in [2.24, 2.45) is 0 Å². The van der Waals surface area contributed by atoms with Crippen molar-refractivity contribution in [3.05, 3.63) is 17.5 Å². The molecule has 1 aromatic heterocycles. The van der Waals surface area contributed by atoms with Crippen LogP contribution in [0.4, 0.5) is 0 Å². The topological polar surface area (TPSA) is 58.4 Å². The molecule has 2 aliphatic carbocycles. The van der Waals surface area contributed by atoms with E-state index in [1.165, 1.54) is 12.8 Å². The zero-order valence-electron chi connectivity index (χ0n) is 11.0. The average molecular weight is 261 g/mol. The van der Waals surface area contributed by atoms with Gasteiger partial charge < -0.3 is 9.84 Å². The predicted molar refractivity (Wildman–Crippen MR) is 68.9 cm³/mol. The maximum Gasteiger partial charge on any atom is 0.273 e. The predicted octanol–water partition coefficient (Wildman–Crippen LogP) is 1.52. The van der Waals surface area contributed by atoms with E-state index >= 15 is 0 Å². The zero-order chi connectivity index (χ0) is 12.8. The number of carbonyl (C=O) groups is 1. The fraction of sp³-hybridized carbons (Fsp3) is 0.714. The molecule has 1 amide bonds. The number of hydrogen-bond acceptors (Lipinski definition) is 4. The molecule has 2 heterocycles. The van der Waals surface area contributed by atoms with Gasteiger partial charge >= 0.3 is 0 Å². The van der Waals surface area contributed by atoms with Crippen molar-refractivity contribution in [1.29, 1.82) is 0 Å². The summed E-state index contributed by atoms with van der Waals surface area (Å²) in [5.74, 6) is 1.29. The number of hydrogen-bond donors (Lipinski definition) is 1. The molecule has 3 aliphatic rings. The maximum atomic E-state index is 12.1. The van der Waals surface area contributed by atoms with E-state index in [0.717, 1.165) is 44.2 Å². The molecule has 5 nitrogen and oxygen atoms in total. The van der Waals surface area contributed by atoms with E-state index in [9.17, 15) is 4.79 Å². The van der Waals surface area contributed by atoms with E-state index in [1.807, 2.05) is 0 Å². The molecule has 0 unspecified atom stereocenters. The number of aromatic nitrogens is 1. The van der Waals surface area contributed by atoms with Gasteiger partial charge in [0.05, 0.1) is 0 Å². The first kappa shape index (κ1) is 11.5. The molecule has 0 radical (unpaired) electrons. The van der Waals surface area contributed by atoms with Crippen LogP contribution in [0.25, 0.3) is 0 Å². The second-order valence-corrected chi connectivity index (χ2v) is 6.07. The second-order valence-electron chi connectivity index (χ2n) is 6.07. The molecule has 102 valence electrons. The number of carbonyl (C=O) groups excluding carboxylic acids is 1. The third kappa shape index (κ3) is 2.39. The minimum Gasteiger partial charge on any atom is -0.360 e. The van der Waals surface area contributed by atoms with E-state index in [0.29, 0.717) is 11.6 Å². The lowest BCUT2D eigenvalue weighted by molar-refractivity contribution is 0.0928. The first-order valence-electron chi connectivity index (χ1n) is 7.31. The lowest BCUT2D eigenvalue weighted by atomic mass is 10.2. The smallest absolute Gasteiger partial charge is 0.273 e.